The van der Waals surface area contributed by atoms with Crippen LogP contribution in [0.2, 0.25) is 0 Å². The van der Waals surface area contributed by atoms with Crippen LogP contribution in [-0.4, -0.2) is 41.4 Å². The monoisotopic (exact) mass is 393 g/mol. The molecule has 0 amide bonds. The highest BCUT2D eigenvalue weighted by molar-refractivity contribution is 5.58. The van der Waals surface area contributed by atoms with Gasteiger partial charge in [0, 0.05) is 30.8 Å². The summed E-state index contributed by atoms with van der Waals surface area (Å²) < 4.78 is 17.0. The third kappa shape index (κ3) is 4.83. The summed E-state index contributed by atoms with van der Waals surface area (Å²) in [6.45, 7) is 5.00. The second-order valence-electron chi connectivity index (χ2n) is 7.44. The lowest BCUT2D eigenvalue weighted by atomic mass is 10.1. The van der Waals surface area contributed by atoms with E-state index in [1.54, 1.807) is 7.11 Å². The Labute approximate surface area is 171 Å². The van der Waals surface area contributed by atoms with Crippen molar-refractivity contribution >= 4 is 0 Å². The van der Waals surface area contributed by atoms with Crippen molar-refractivity contribution in [3.05, 3.63) is 65.5 Å². The highest BCUT2D eigenvalue weighted by atomic mass is 16.5. The quantitative estimate of drug-likeness (QED) is 0.571. The third-order valence-electron chi connectivity index (χ3n) is 5.29. The Kier molecular flexibility index (Phi) is 6.22. The highest BCUT2D eigenvalue weighted by Crippen LogP contribution is 2.24. The lowest BCUT2D eigenvalue weighted by Crippen LogP contribution is -2.31. The largest absolute Gasteiger partial charge is 0.496 e. The van der Waals surface area contributed by atoms with Crippen LogP contribution in [0, 0.1) is 6.92 Å². The molecule has 0 saturated carbocycles. The van der Waals surface area contributed by atoms with Crippen molar-refractivity contribution in [1.29, 1.82) is 0 Å². The second kappa shape index (κ2) is 9.20. The van der Waals surface area contributed by atoms with Crippen LogP contribution in [0.1, 0.15) is 29.9 Å². The molecular formula is C23H27N3O3. The molecule has 3 aromatic rings. The first-order valence-corrected chi connectivity index (χ1v) is 10.1. The van der Waals surface area contributed by atoms with Crippen LogP contribution in [0.5, 0.6) is 5.75 Å². The molecule has 1 unspecified atom stereocenters. The fourth-order valence-corrected chi connectivity index (χ4v) is 3.78. The van der Waals surface area contributed by atoms with Crippen LogP contribution in [0.25, 0.3) is 11.4 Å². The zero-order valence-corrected chi connectivity index (χ0v) is 17.0. The van der Waals surface area contributed by atoms with Crippen LogP contribution < -0.4 is 4.74 Å². The first-order valence-electron chi connectivity index (χ1n) is 10.1. The van der Waals surface area contributed by atoms with E-state index >= 15 is 0 Å². The van der Waals surface area contributed by atoms with E-state index in [9.17, 15) is 0 Å². The van der Waals surface area contributed by atoms with Gasteiger partial charge >= 0.3 is 0 Å². The van der Waals surface area contributed by atoms with E-state index in [2.05, 4.69) is 34.1 Å². The number of methoxy groups -OCH3 is 1. The number of nitrogens with zero attached hydrogens (tertiary/aromatic N) is 3. The number of aromatic nitrogens is 2. The van der Waals surface area contributed by atoms with Gasteiger partial charge in [-0.3, -0.25) is 4.90 Å². The molecule has 152 valence electrons. The highest BCUT2D eigenvalue weighted by Gasteiger charge is 2.22. The Morgan fingerprint density at radius 2 is 1.93 bits per heavy atom. The Morgan fingerprint density at radius 3 is 2.72 bits per heavy atom. The SMILES string of the molecule is COc1ccccc1CN(Cc1nc(-c2ccccc2C)no1)CC1CCCO1. The van der Waals surface area contributed by atoms with Gasteiger partial charge in [-0.25, -0.2) is 0 Å². The number of rotatable bonds is 8. The van der Waals surface area contributed by atoms with Gasteiger partial charge in [-0.2, -0.15) is 4.98 Å². The number of para-hydroxylation sites is 1. The number of hydrogen-bond acceptors (Lipinski definition) is 6. The molecule has 0 bridgehead atoms. The summed E-state index contributed by atoms with van der Waals surface area (Å²) >= 11 is 0. The molecule has 1 aromatic heterocycles. The molecular weight excluding hydrogens is 366 g/mol. The summed E-state index contributed by atoms with van der Waals surface area (Å²) in [5.74, 6) is 2.12. The van der Waals surface area contributed by atoms with Crippen LogP contribution in [0.3, 0.4) is 0 Å². The first kappa shape index (κ1) is 19.6. The van der Waals surface area contributed by atoms with Crippen molar-refractivity contribution in [3.8, 4) is 17.1 Å². The lowest BCUT2D eigenvalue weighted by Gasteiger charge is -2.24. The van der Waals surface area contributed by atoms with Gasteiger partial charge in [-0.15, -0.1) is 0 Å². The average molecular weight is 393 g/mol. The molecule has 2 heterocycles. The Morgan fingerprint density at radius 1 is 1.10 bits per heavy atom. The van der Waals surface area contributed by atoms with Gasteiger partial charge in [0.05, 0.1) is 19.8 Å². The minimum atomic E-state index is 0.239. The van der Waals surface area contributed by atoms with E-state index < -0.39 is 0 Å². The molecule has 0 radical (unpaired) electrons. The number of hydrogen-bond donors (Lipinski definition) is 0. The predicted octanol–water partition coefficient (Wildman–Crippen LogP) is 4.23. The van der Waals surface area contributed by atoms with E-state index in [0.717, 1.165) is 55.0 Å². The molecule has 2 aromatic carbocycles. The van der Waals surface area contributed by atoms with Gasteiger partial charge < -0.3 is 14.0 Å². The van der Waals surface area contributed by atoms with Crippen LogP contribution in [-0.2, 0) is 17.8 Å². The van der Waals surface area contributed by atoms with Crippen LogP contribution in [0.15, 0.2) is 53.1 Å². The van der Waals surface area contributed by atoms with E-state index in [1.807, 2.05) is 36.4 Å². The number of ether oxygens (including phenoxy) is 2. The van der Waals surface area contributed by atoms with Crippen molar-refractivity contribution in [2.75, 3.05) is 20.3 Å². The van der Waals surface area contributed by atoms with Crippen molar-refractivity contribution in [2.24, 2.45) is 0 Å². The van der Waals surface area contributed by atoms with Gasteiger partial charge in [0.1, 0.15) is 5.75 Å². The molecule has 1 saturated heterocycles. The van der Waals surface area contributed by atoms with Gasteiger partial charge in [-0.1, -0.05) is 47.6 Å². The number of aryl methyl sites for hydroxylation is 1. The zero-order valence-electron chi connectivity index (χ0n) is 17.0. The molecule has 0 aliphatic carbocycles. The van der Waals surface area contributed by atoms with Crippen molar-refractivity contribution < 1.29 is 14.0 Å². The summed E-state index contributed by atoms with van der Waals surface area (Å²) in [4.78, 5) is 6.94. The first-order chi connectivity index (χ1) is 14.2. The fraction of sp³-hybridized carbons (Fsp3) is 0.391. The minimum absolute atomic E-state index is 0.239. The number of benzene rings is 2. The Bertz CT molecular complexity index is 934. The maximum atomic E-state index is 5.87. The lowest BCUT2D eigenvalue weighted by molar-refractivity contribution is 0.0637. The van der Waals surface area contributed by atoms with E-state index in [1.165, 1.54) is 0 Å². The zero-order chi connectivity index (χ0) is 20.1. The summed E-state index contributed by atoms with van der Waals surface area (Å²) in [5, 5.41) is 4.20. The molecule has 1 aliphatic heterocycles. The van der Waals surface area contributed by atoms with Gasteiger partial charge in [0.2, 0.25) is 11.7 Å². The van der Waals surface area contributed by atoms with Crippen molar-refractivity contribution in [1.82, 2.24) is 15.0 Å². The average Bonchev–Trinajstić information content (AvgIpc) is 3.41. The Hall–Kier alpha value is -2.70. The summed E-state index contributed by atoms with van der Waals surface area (Å²) in [7, 11) is 1.70. The van der Waals surface area contributed by atoms with Gasteiger partial charge in [-0.05, 0) is 31.4 Å². The van der Waals surface area contributed by atoms with Crippen molar-refractivity contribution in [3.63, 3.8) is 0 Å². The van der Waals surface area contributed by atoms with E-state index in [-0.39, 0.29) is 6.10 Å². The van der Waals surface area contributed by atoms with E-state index in [0.29, 0.717) is 18.3 Å². The predicted molar refractivity (Wildman–Crippen MR) is 111 cm³/mol. The molecule has 1 atom stereocenters. The van der Waals surface area contributed by atoms with Gasteiger partial charge in [0.25, 0.3) is 0 Å². The normalized spacial score (nSPS) is 16.4. The summed E-state index contributed by atoms with van der Waals surface area (Å²) in [5.41, 5.74) is 3.26. The molecule has 29 heavy (non-hydrogen) atoms. The third-order valence-corrected chi connectivity index (χ3v) is 5.29. The second-order valence-corrected chi connectivity index (χ2v) is 7.44. The van der Waals surface area contributed by atoms with Crippen molar-refractivity contribution in [2.45, 2.75) is 39.0 Å². The minimum Gasteiger partial charge on any atom is -0.496 e. The Balaban J connectivity index is 1.53. The molecule has 0 N–H and O–H groups in total. The maximum absolute atomic E-state index is 5.87. The maximum Gasteiger partial charge on any atom is 0.241 e. The molecule has 6 nitrogen and oxygen atoms in total. The van der Waals surface area contributed by atoms with Crippen LogP contribution in [0.4, 0.5) is 0 Å². The fourth-order valence-electron chi connectivity index (χ4n) is 3.78. The topological polar surface area (TPSA) is 60.6 Å². The summed E-state index contributed by atoms with van der Waals surface area (Å²) in [6.07, 6.45) is 2.44. The summed E-state index contributed by atoms with van der Waals surface area (Å²) in [6, 6.07) is 16.2. The molecule has 1 fully saturated rings. The van der Waals surface area contributed by atoms with Crippen LogP contribution >= 0.6 is 0 Å². The molecule has 0 spiro atoms. The molecule has 6 heteroatoms. The molecule has 1 aliphatic rings. The smallest absolute Gasteiger partial charge is 0.241 e. The van der Waals surface area contributed by atoms with Gasteiger partial charge in [0.15, 0.2) is 0 Å². The van der Waals surface area contributed by atoms with E-state index in [4.69, 9.17) is 14.0 Å². The standard InChI is InChI=1S/C23H27N3O3/c1-17-8-3-5-11-20(17)23-24-22(29-25-23)16-26(15-19-10-7-13-28-19)14-18-9-4-6-12-21(18)27-2/h3-6,8-9,11-12,19H,7,10,13-16H2,1-2H3. The molecule has 4 rings (SSSR count).